The van der Waals surface area contributed by atoms with Crippen molar-refractivity contribution in [1.29, 1.82) is 0 Å². The average Bonchev–Trinajstić information content (AvgIpc) is 2.98. The predicted molar refractivity (Wildman–Crippen MR) is 68.6 cm³/mol. The van der Waals surface area contributed by atoms with Gasteiger partial charge in [0.2, 0.25) is 0 Å². The maximum Gasteiger partial charge on any atom is 0.257 e. The molecule has 5 nitrogen and oxygen atoms in total. The van der Waals surface area contributed by atoms with Crippen molar-refractivity contribution in [2.24, 2.45) is 0 Å². The molecule has 0 bridgehead atoms. The van der Waals surface area contributed by atoms with E-state index in [2.05, 4.69) is 14.7 Å². The Labute approximate surface area is 106 Å². The lowest BCUT2D eigenvalue weighted by molar-refractivity contribution is 0.575. The molecule has 17 heavy (non-hydrogen) atoms. The number of aryl methyl sites for hydroxylation is 1. The lowest BCUT2D eigenvalue weighted by Crippen LogP contribution is -2.30. The number of aromatic nitrogens is 2. The van der Waals surface area contributed by atoms with Crippen molar-refractivity contribution in [2.45, 2.75) is 36.5 Å². The summed E-state index contributed by atoms with van der Waals surface area (Å²) in [6.07, 6.45) is 4.36. The molecule has 0 aliphatic carbocycles. The maximum absolute atomic E-state index is 11.9. The maximum atomic E-state index is 11.9. The molecule has 96 valence electrons. The number of rotatable bonds is 5. The van der Waals surface area contributed by atoms with E-state index in [0.29, 0.717) is 24.0 Å². The van der Waals surface area contributed by atoms with Crippen LogP contribution in [0.3, 0.4) is 0 Å². The SMILES string of the molecule is CCc1ncc(S(=O)(=O)NCC2CCCS2)[nH]1. The van der Waals surface area contributed by atoms with Crippen molar-refractivity contribution in [2.75, 3.05) is 12.3 Å². The van der Waals surface area contributed by atoms with Crippen LogP contribution in [0.4, 0.5) is 0 Å². The number of thioether (sulfide) groups is 1. The van der Waals surface area contributed by atoms with Crippen LogP contribution in [-0.2, 0) is 16.4 Å². The Hall–Kier alpha value is -0.530. The van der Waals surface area contributed by atoms with Crippen LogP contribution < -0.4 is 4.72 Å². The number of sulfonamides is 1. The predicted octanol–water partition coefficient (Wildman–Crippen LogP) is 1.15. The molecule has 1 saturated heterocycles. The molecule has 2 N–H and O–H groups in total. The van der Waals surface area contributed by atoms with Gasteiger partial charge in [-0.2, -0.15) is 11.8 Å². The molecular weight excluding hydrogens is 258 g/mol. The van der Waals surface area contributed by atoms with Crippen LogP contribution in [0, 0.1) is 0 Å². The van der Waals surface area contributed by atoms with Gasteiger partial charge in [-0.1, -0.05) is 6.92 Å². The van der Waals surface area contributed by atoms with E-state index < -0.39 is 10.0 Å². The topological polar surface area (TPSA) is 74.8 Å². The Balaban J connectivity index is 1.97. The van der Waals surface area contributed by atoms with Gasteiger partial charge in [0.25, 0.3) is 10.0 Å². The zero-order valence-electron chi connectivity index (χ0n) is 9.77. The summed E-state index contributed by atoms with van der Waals surface area (Å²) >= 11 is 1.84. The Morgan fingerprint density at radius 3 is 3.06 bits per heavy atom. The van der Waals surface area contributed by atoms with E-state index in [0.717, 1.165) is 12.2 Å². The van der Waals surface area contributed by atoms with Crippen molar-refractivity contribution in [3.63, 3.8) is 0 Å². The fourth-order valence-corrected chi connectivity index (χ4v) is 4.07. The monoisotopic (exact) mass is 275 g/mol. The summed E-state index contributed by atoms with van der Waals surface area (Å²) in [5.74, 6) is 1.83. The number of H-pyrrole nitrogens is 1. The van der Waals surface area contributed by atoms with Crippen LogP contribution >= 0.6 is 11.8 Å². The standard InChI is InChI=1S/C10H17N3O2S2/c1-2-9-11-7-10(13-9)17(14,15)12-6-8-4-3-5-16-8/h7-8,12H,2-6H2,1H3,(H,11,13). The first kappa shape index (κ1) is 12.9. The van der Waals surface area contributed by atoms with Gasteiger partial charge in [-0.15, -0.1) is 0 Å². The summed E-state index contributed by atoms with van der Waals surface area (Å²) in [6.45, 7) is 2.44. The van der Waals surface area contributed by atoms with Crippen LogP contribution in [0.15, 0.2) is 11.2 Å². The molecule has 1 aromatic rings. The third kappa shape index (κ3) is 3.23. The zero-order chi connectivity index (χ0) is 12.3. The van der Waals surface area contributed by atoms with Gasteiger partial charge in [-0.05, 0) is 18.6 Å². The van der Waals surface area contributed by atoms with E-state index in [-0.39, 0.29) is 5.03 Å². The number of imidazole rings is 1. The van der Waals surface area contributed by atoms with E-state index >= 15 is 0 Å². The first-order valence-electron chi connectivity index (χ1n) is 5.77. The third-order valence-electron chi connectivity index (χ3n) is 2.75. The van der Waals surface area contributed by atoms with Crippen molar-refractivity contribution in [3.8, 4) is 0 Å². The van der Waals surface area contributed by atoms with Crippen molar-refractivity contribution >= 4 is 21.8 Å². The second kappa shape index (κ2) is 5.41. The molecule has 2 heterocycles. The highest BCUT2D eigenvalue weighted by Crippen LogP contribution is 2.25. The minimum absolute atomic E-state index is 0.164. The summed E-state index contributed by atoms with van der Waals surface area (Å²) in [5, 5.41) is 0.579. The molecule has 7 heteroatoms. The molecule has 1 unspecified atom stereocenters. The fraction of sp³-hybridized carbons (Fsp3) is 0.700. The van der Waals surface area contributed by atoms with Crippen molar-refractivity contribution in [1.82, 2.24) is 14.7 Å². The van der Waals surface area contributed by atoms with Gasteiger partial charge in [0.05, 0.1) is 6.20 Å². The first-order chi connectivity index (χ1) is 8.12. The van der Waals surface area contributed by atoms with Gasteiger partial charge in [-0.3, -0.25) is 0 Å². The van der Waals surface area contributed by atoms with Gasteiger partial charge in [-0.25, -0.2) is 18.1 Å². The van der Waals surface area contributed by atoms with Gasteiger partial charge in [0.1, 0.15) is 5.82 Å². The number of hydrogen-bond donors (Lipinski definition) is 2. The summed E-state index contributed by atoms with van der Waals surface area (Å²) in [4.78, 5) is 6.81. The van der Waals surface area contributed by atoms with Gasteiger partial charge in [0, 0.05) is 18.2 Å². The minimum atomic E-state index is -3.42. The smallest absolute Gasteiger partial charge is 0.257 e. The molecule has 0 saturated carbocycles. The normalized spacial score (nSPS) is 20.9. The highest BCUT2D eigenvalue weighted by Gasteiger charge is 2.21. The van der Waals surface area contributed by atoms with Crippen LogP contribution in [0.1, 0.15) is 25.6 Å². The van der Waals surface area contributed by atoms with Crippen molar-refractivity contribution < 1.29 is 8.42 Å². The second-order valence-electron chi connectivity index (χ2n) is 4.03. The third-order valence-corrected chi connectivity index (χ3v) is 5.49. The molecule has 1 aliphatic heterocycles. The molecule has 0 amide bonds. The number of hydrogen-bond acceptors (Lipinski definition) is 4. The summed E-state index contributed by atoms with van der Waals surface area (Å²) in [7, 11) is -3.42. The first-order valence-corrected chi connectivity index (χ1v) is 8.30. The second-order valence-corrected chi connectivity index (χ2v) is 7.18. The van der Waals surface area contributed by atoms with Gasteiger partial charge in [0.15, 0.2) is 5.03 Å². The highest BCUT2D eigenvalue weighted by atomic mass is 32.2. The summed E-state index contributed by atoms with van der Waals surface area (Å²) in [5.41, 5.74) is 0. The molecular formula is C10H17N3O2S2. The average molecular weight is 275 g/mol. The minimum Gasteiger partial charge on any atom is -0.332 e. The Morgan fingerprint density at radius 1 is 1.65 bits per heavy atom. The van der Waals surface area contributed by atoms with E-state index in [1.54, 1.807) is 0 Å². The molecule has 1 fully saturated rings. The highest BCUT2D eigenvalue weighted by molar-refractivity contribution is 8.00. The Bertz CT molecular complexity index is 464. The fourth-order valence-electron chi connectivity index (χ4n) is 1.75. The van der Waals surface area contributed by atoms with Crippen LogP contribution in [-0.4, -0.2) is 35.9 Å². The Kier molecular flexibility index (Phi) is 4.11. The molecule has 0 spiro atoms. The van der Waals surface area contributed by atoms with E-state index in [4.69, 9.17) is 0 Å². The molecule has 0 aromatic carbocycles. The summed E-state index contributed by atoms with van der Waals surface area (Å²) < 4.78 is 26.5. The van der Waals surface area contributed by atoms with Gasteiger partial charge >= 0.3 is 0 Å². The zero-order valence-corrected chi connectivity index (χ0v) is 11.4. The quantitative estimate of drug-likeness (QED) is 0.845. The van der Waals surface area contributed by atoms with Gasteiger partial charge < -0.3 is 4.98 Å². The summed E-state index contributed by atoms with van der Waals surface area (Å²) in [6, 6.07) is 0. The molecule has 1 atom stereocenters. The van der Waals surface area contributed by atoms with Crippen LogP contribution in [0.5, 0.6) is 0 Å². The largest absolute Gasteiger partial charge is 0.332 e. The van der Waals surface area contributed by atoms with Crippen LogP contribution in [0.25, 0.3) is 0 Å². The molecule has 0 radical (unpaired) electrons. The van der Waals surface area contributed by atoms with E-state index in [9.17, 15) is 8.42 Å². The molecule has 1 aromatic heterocycles. The number of nitrogens with zero attached hydrogens (tertiary/aromatic N) is 1. The Morgan fingerprint density at radius 2 is 2.47 bits per heavy atom. The molecule has 2 rings (SSSR count). The van der Waals surface area contributed by atoms with Crippen molar-refractivity contribution in [3.05, 3.63) is 12.0 Å². The lowest BCUT2D eigenvalue weighted by atomic mass is 10.2. The molecule has 1 aliphatic rings. The van der Waals surface area contributed by atoms with E-state index in [1.807, 2.05) is 18.7 Å². The lowest BCUT2D eigenvalue weighted by Gasteiger charge is -2.09. The number of aromatic amines is 1. The van der Waals surface area contributed by atoms with E-state index in [1.165, 1.54) is 12.6 Å². The van der Waals surface area contributed by atoms with Crippen LogP contribution in [0.2, 0.25) is 0 Å². The number of nitrogens with one attached hydrogen (secondary N) is 2.